The van der Waals surface area contributed by atoms with Crippen LogP contribution in [-0.4, -0.2) is 51.5 Å². The predicted octanol–water partition coefficient (Wildman–Crippen LogP) is 1.79. The van der Waals surface area contributed by atoms with Crippen molar-refractivity contribution in [2.75, 3.05) is 13.2 Å². The lowest BCUT2D eigenvalue weighted by atomic mass is 9.72. The summed E-state index contributed by atoms with van der Waals surface area (Å²) in [7, 11) is 0. The van der Waals surface area contributed by atoms with Crippen molar-refractivity contribution in [3.05, 3.63) is 59.0 Å². The fraction of sp³-hybridized carbons (Fsp3) is 0.333. The van der Waals surface area contributed by atoms with Gasteiger partial charge in [-0.3, -0.25) is 9.78 Å². The number of carbonyl (C=O) groups is 1. The van der Waals surface area contributed by atoms with Gasteiger partial charge in [0.25, 0.3) is 0 Å². The molecule has 28 heavy (non-hydrogen) atoms. The normalized spacial score (nSPS) is 17.1. The third kappa shape index (κ3) is 2.79. The second-order valence-corrected chi connectivity index (χ2v) is 7.45. The summed E-state index contributed by atoms with van der Waals surface area (Å²) >= 11 is 0. The molecule has 2 atom stereocenters. The van der Waals surface area contributed by atoms with Crippen molar-refractivity contribution in [2.24, 2.45) is 0 Å². The van der Waals surface area contributed by atoms with Crippen molar-refractivity contribution in [3.8, 4) is 5.75 Å². The van der Waals surface area contributed by atoms with Crippen molar-refractivity contribution >= 4 is 16.9 Å². The molecule has 3 N–H and O–H groups in total. The van der Waals surface area contributed by atoms with Gasteiger partial charge in [0.15, 0.2) is 11.4 Å². The molecule has 1 aromatic carbocycles. The van der Waals surface area contributed by atoms with Crippen LogP contribution >= 0.6 is 0 Å². The van der Waals surface area contributed by atoms with Crippen molar-refractivity contribution in [3.63, 3.8) is 0 Å². The zero-order valence-electron chi connectivity index (χ0n) is 15.5. The largest absolute Gasteiger partial charge is 0.491 e. The van der Waals surface area contributed by atoms with Crippen molar-refractivity contribution in [2.45, 2.75) is 31.5 Å². The predicted molar refractivity (Wildman–Crippen MR) is 101 cm³/mol. The number of aliphatic hydroxyl groups is 3. The van der Waals surface area contributed by atoms with Crippen LogP contribution in [-0.2, 0) is 5.41 Å². The number of carbonyl (C=O) groups excluding carboxylic acids is 1. The van der Waals surface area contributed by atoms with Crippen LogP contribution in [0.1, 0.15) is 41.1 Å². The molecule has 0 fully saturated rings. The first-order valence-corrected chi connectivity index (χ1v) is 9.01. The van der Waals surface area contributed by atoms with Gasteiger partial charge in [0.2, 0.25) is 0 Å². The standard InChI is InChI=1S/C21H21NO6/c1-21(2)13-8-11(27-10-15(25)14(24)9-23)5-6-12(13)19(26)17-18-16(28-20(17)21)4-3-7-22-18/h3-8,14-15,23-25H,9-10H2,1-2H3/t14-,15-/m1/s1. The summed E-state index contributed by atoms with van der Waals surface area (Å²) in [6.45, 7) is 3.19. The first-order chi connectivity index (χ1) is 13.3. The zero-order chi connectivity index (χ0) is 20.1. The monoisotopic (exact) mass is 383 g/mol. The number of nitrogens with zero attached hydrogens (tertiary/aromatic N) is 1. The molecule has 1 aliphatic carbocycles. The zero-order valence-corrected chi connectivity index (χ0v) is 15.5. The van der Waals surface area contributed by atoms with E-state index in [9.17, 15) is 15.0 Å². The Bertz CT molecular complexity index is 1050. The molecule has 2 heterocycles. The molecule has 2 aromatic heterocycles. The summed E-state index contributed by atoms with van der Waals surface area (Å²) in [5.74, 6) is 0.858. The van der Waals surface area contributed by atoms with Gasteiger partial charge in [0, 0.05) is 17.2 Å². The highest BCUT2D eigenvalue weighted by Crippen LogP contribution is 2.45. The lowest BCUT2D eigenvalue weighted by molar-refractivity contribution is -0.0339. The SMILES string of the molecule is CC1(C)c2cc(OC[C@@H](O)[C@H](O)CO)ccc2C(=O)c2c1oc1cccnc21. The van der Waals surface area contributed by atoms with Crippen molar-refractivity contribution < 1.29 is 29.3 Å². The highest BCUT2D eigenvalue weighted by Gasteiger charge is 2.42. The number of fused-ring (bicyclic) bond motifs is 4. The van der Waals surface area contributed by atoms with Gasteiger partial charge in [-0.15, -0.1) is 0 Å². The lowest BCUT2D eigenvalue weighted by Crippen LogP contribution is -2.34. The quantitative estimate of drug-likeness (QED) is 0.616. The number of ketones is 1. The molecule has 0 bridgehead atoms. The summed E-state index contributed by atoms with van der Waals surface area (Å²) in [4.78, 5) is 17.5. The molecule has 0 unspecified atom stereocenters. The molecule has 7 heteroatoms. The number of hydrogen-bond acceptors (Lipinski definition) is 7. The van der Waals surface area contributed by atoms with Crippen LogP contribution in [0, 0.1) is 0 Å². The Morgan fingerprint density at radius 3 is 2.75 bits per heavy atom. The van der Waals surface area contributed by atoms with E-state index in [1.165, 1.54) is 0 Å². The Morgan fingerprint density at radius 2 is 2.00 bits per heavy atom. The van der Waals surface area contributed by atoms with Crippen LogP contribution in [0.2, 0.25) is 0 Å². The Labute approximate surface area is 161 Å². The van der Waals surface area contributed by atoms with E-state index in [4.69, 9.17) is 14.3 Å². The van der Waals surface area contributed by atoms with E-state index >= 15 is 0 Å². The summed E-state index contributed by atoms with van der Waals surface area (Å²) in [6, 6.07) is 8.63. The summed E-state index contributed by atoms with van der Waals surface area (Å²) in [5, 5.41) is 28.1. The van der Waals surface area contributed by atoms with E-state index in [1.54, 1.807) is 36.5 Å². The average molecular weight is 383 g/mol. The molecule has 0 amide bonds. The van der Waals surface area contributed by atoms with Crippen LogP contribution in [0.25, 0.3) is 11.1 Å². The Kier molecular flexibility index (Phi) is 4.45. The topological polar surface area (TPSA) is 113 Å². The Hall–Kier alpha value is -2.74. The minimum absolute atomic E-state index is 0.149. The van der Waals surface area contributed by atoms with Gasteiger partial charge >= 0.3 is 0 Å². The van der Waals surface area contributed by atoms with Gasteiger partial charge in [0.05, 0.1) is 12.2 Å². The highest BCUT2D eigenvalue weighted by molar-refractivity contribution is 6.18. The van der Waals surface area contributed by atoms with E-state index in [-0.39, 0.29) is 12.4 Å². The summed E-state index contributed by atoms with van der Waals surface area (Å²) < 4.78 is 11.5. The smallest absolute Gasteiger partial charge is 0.199 e. The third-order valence-corrected chi connectivity index (χ3v) is 5.20. The van der Waals surface area contributed by atoms with Crippen LogP contribution < -0.4 is 4.74 Å². The van der Waals surface area contributed by atoms with Gasteiger partial charge in [-0.05, 0) is 49.7 Å². The number of aromatic nitrogens is 1. The fourth-order valence-electron chi connectivity index (χ4n) is 3.58. The molecule has 0 aliphatic heterocycles. The van der Waals surface area contributed by atoms with Crippen LogP contribution in [0.3, 0.4) is 0 Å². The van der Waals surface area contributed by atoms with E-state index in [1.807, 2.05) is 13.8 Å². The number of pyridine rings is 1. The number of hydrogen-bond donors (Lipinski definition) is 3. The Morgan fingerprint density at radius 1 is 1.21 bits per heavy atom. The van der Waals surface area contributed by atoms with Crippen LogP contribution in [0.4, 0.5) is 0 Å². The highest BCUT2D eigenvalue weighted by atomic mass is 16.5. The van der Waals surface area contributed by atoms with Gasteiger partial charge < -0.3 is 24.5 Å². The van der Waals surface area contributed by atoms with Gasteiger partial charge in [-0.25, -0.2) is 0 Å². The van der Waals surface area contributed by atoms with Crippen LogP contribution in [0.15, 0.2) is 40.9 Å². The molecule has 4 rings (SSSR count). The van der Waals surface area contributed by atoms with E-state index in [0.717, 1.165) is 5.56 Å². The molecule has 0 spiro atoms. The molecule has 146 valence electrons. The third-order valence-electron chi connectivity index (χ3n) is 5.20. The van der Waals surface area contributed by atoms with Gasteiger partial charge in [-0.1, -0.05) is 0 Å². The molecular formula is C21H21NO6. The number of ether oxygens (including phenoxy) is 1. The minimum Gasteiger partial charge on any atom is -0.491 e. The first kappa shape index (κ1) is 18.6. The molecular weight excluding hydrogens is 362 g/mol. The van der Waals surface area contributed by atoms with Gasteiger partial charge in [0.1, 0.15) is 35.8 Å². The van der Waals surface area contributed by atoms with E-state index in [0.29, 0.717) is 33.7 Å². The molecule has 0 saturated carbocycles. The maximum absolute atomic E-state index is 13.1. The summed E-state index contributed by atoms with van der Waals surface area (Å²) in [6.07, 6.45) is -0.859. The number of rotatable bonds is 5. The Balaban J connectivity index is 1.73. The average Bonchev–Trinajstić information content (AvgIpc) is 3.10. The fourth-order valence-corrected chi connectivity index (χ4v) is 3.58. The minimum atomic E-state index is -1.28. The number of furan rings is 1. The maximum atomic E-state index is 13.1. The van der Waals surface area contributed by atoms with Crippen molar-refractivity contribution in [1.29, 1.82) is 0 Å². The van der Waals surface area contributed by atoms with Crippen LogP contribution in [0.5, 0.6) is 5.75 Å². The molecule has 7 nitrogen and oxygen atoms in total. The molecule has 0 saturated heterocycles. The molecule has 0 radical (unpaired) electrons. The van der Waals surface area contributed by atoms with Gasteiger partial charge in [-0.2, -0.15) is 0 Å². The van der Waals surface area contributed by atoms with Crippen molar-refractivity contribution in [1.82, 2.24) is 4.98 Å². The molecule has 1 aliphatic rings. The number of aliphatic hydroxyl groups excluding tert-OH is 3. The first-order valence-electron chi connectivity index (χ1n) is 9.01. The van der Waals surface area contributed by atoms with E-state index < -0.39 is 24.2 Å². The second kappa shape index (κ2) is 6.70. The summed E-state index contributed by atoms with van der Waals surface area (Å²) in [5.41, 5.74) is 2.32. The van der Waals surface area contributed by atoms with E-state index in [2.05, 4.69) is 4.98 Å². The number of benzene rings is 1. The maximum Gasteiger partial charge on any atom is 0.199 e. The second-order valence-electron chi connectivity index (χ2n) is 7.45. The lowest BCUT2D eigenvalue weighted by Gasteiger charge is -2.30. The molecule has 3 aromatic rings.